The number of hydrogen-bond acceptors (Lipinski definition) is 4. The molecule has 0 bridgehead atoms. The van der Waals surface area contributed by atoms with Crippen LogP contribution in [0.2, 0.25) is 0 Å². The lowest BCUT2D eigenvalue weighted by atomic mass is 10.1. The normalized spacial score (nSPS) is 14.0. The largest absolute Gasteiger partial charge is 0.331 e. The van der Waals surface area contributed by atoms with Crippen molar-refractivity contribution in [3.05, 3.63) is 57.6 Å². The lowest BCUT2D eigenvalue weighted by Gasteiger charge is -2.22. The molecule has 2 aromatic heterocycles. The van der Waals surface area contributed by atoms with Crippen molar-refractivity contribution in [3.63, 3.8) is 0 Å². The number of carbonyl (C=O) groups excluding carboxylic acids is 1. The van der Waals surface area contributed by atoms with Gasteiger partial charge in [-0.2, -0.15) is 0 Å². The Hall–Kier alpha value is -2.34. The first-order chi connectivity index (χ1) is 12.4. The first-order valence-electron chi connectivity index (χ1n) is 8.74. The Morgan fingerprint density at radius 2 is 1.88 bits per heavy atom. The third-order valence-corrected chi connectivity index (χ3v) is 5.97. The van der Waals surface area contributed by atoms with E-state index in [2.05, 4.69) is 9.97 Å². The molecule has 1 amide bonds. The van der Waals surface area contributed by atoms with Crippen molar-refractivity contribution in [1.29, 1.82) is 0 Å². The van der Waals surface area contributed by atoms with Gasteiger partial charge in [0.2, 0.25) is 0 Å². The fourth-order valence-corrected chi connectivity index (χ4v) is 4.58. The molecular weight excluding hydrogens is 349 g/mol. The van der Waals surface area contributed by atoms with Crippen molar-refractivity contribution >= 4 is 27.5 Å². The number of halogens is 1. The molecule has 26 heavy (non-hydrogen) atoms. The second kappa shape index (κ2) is 6.43. The van der Waals surface area contributed by atoms with E-state index in [9.17, 15) is 9.18 Å². The van der Waals surface area contributed by atoms with Crippen LogP contribution in [-0.2, 0) is 6.54 Å². The van der Waals surface area contributed by atoms with Crippen molar-refractivity contribution in [2.24, 2.45) is 0 Å². The van der Waals surface area contributed by atoms with E-state index < -0.39 is 0 Å². The van der Waals surface area contributed by atoms with Gasteiger partial charge in [0.05, 0.1) is 4.88 Å². The average Bonchev–Trinajstić information content (AvgIpc) is 3.37. The second-order valence-electron chi connectivity index (χ2n) is 6.88. The van der Waals surface area contributed by atoms with Gasteiger partial charge in [0.25, 0.3) is 5.91 Å². The van der Waals surface area contributed by atoms with Gasteiger partial charge in [-0.25, -0.2) is 14.4 Å². The summed E-state index contributed by atoms with van der Waals surface area (Å²) in [5.74, 6) is 0.498. The van der Waals surface area contributed by atoms with E-state index >= 15 is 0 Å². The van der Waals surface area contributed by atoms with E-state index in [1.807, 2.05) is 25.7 Å². The molecular formula is C20H20FN3OS. The zero-order chi connectivity index (χ0) is 18.4. The van der Waals surface area contributed by atoms with Crippen LogP contribution < -0.4 is 0 Å². The van der Waals surface area contributed by atoms with Crippen LogP contribution in [0.3, 0.4) is 0 Å². The van der Waals surface area contributed by atoms with Crippen molar-refractivity contribution in [2.45, 2.75) is 46.2 Å². The Bertz CT molecular complexity index is 992. The highest BCUT2D eigenvalue weighted by Crippen LogP contribution is 2.35. The van der Waals surface area contributed by atoms with Gasteiger partial charge in [-0.1, -0.05) is 12.1 Å². The van der Waals surface area contributed by atoms with Crippen LogP contribution in [0, 0.1) is 26.6 Å². The molecule has 6 heteroatoms. The number of amides is 1. The van der Waals surface area contributed by atoms with Crippen molar-refractivity contribution in [3.8, 4) is 0 Å². The monoisotopic (exact) mass is 369 g/mol. The molecule has 134 valence electrons. The Morgan fingerprint density at radius 3 is 2.54 bits per heavy atom. The highest BCUT2D eigenvalue weighted by atomic mass is 32.1. The van der Waals surface area contributed by atoms with Gasteiger partial charge >= 0.3 is 0 Å². The molecule has 0 N–H and O–H groups in total. The first-order valence-corrected chi connectivity index (χ1v) is 9.55. The predicted molar refractivity (Wildman–Crippen MR) is 101 cm³/mol. The van der Waals surface area contributed by atoms with E-state index in [-0.39, 0.29) is 17.8 Å². The van der Waals surface area contributed by atoms with Crippen LogP contribution in [0.5, 0.6) is 0 Å². The zero-order valence-corrected chi connectivity index (χ0v) is 15.9. The summed E-state index contributed by atoms with van der Waals surface area (Å²) in [4.78, 5) is 25.8. The predicted octanol–water partition coefficient (Wildman–Crippen LogP) is 4.56. The highest BCUT2D eigenvalue weighted by molar-refractivity contribution is 7.20. The number of thiophene rings is 1. The van der Waals surface area contributed by atoms with Crippen molar-refractivity contribution in [2.75, 3.05) is 0 Å². The van der Waals surface area contributed by atoms with Gasteiger partial charge in [-0.15, -0.1) is 11.3 Å². The maximum atomic E-state index is 13.3. The minimum Gasteiger partial charge on any atom is -0.331 e. The van der Waals surface area contributed by atoms with Crippen LogP contribution in [-0.4, -0.2) is 26.8 Å². The quantitative estimate of drug-likeness (QED) is 0.677. The van der Waals surface area contributed by atoms with Gasteiger partial charge in [0.15, 0.2) is 0 Å². The molecule has 0 atom stereocenters. The van der Waals surface area contributed by atoms with Gasteiger partial charge in [-0.3, -0.25) is 4.79 Å². The van der Waals surface area contributed by atoms with E-state index in [1.54, 1.807) is 12.1 Å². The number of fused-ring (bicyclic) bond motifs is 1. The Balaban J connectivity index is 1.70. The number of carbonyl (C=O) groups is 1. The number of rotatable bonds is 4. The SMILES string of the molecule is Cc1nc(C)c2c(C)c(C(=O)N(Cc3ccc(F)cc3)C3CC3)sc2n1. The standard InChI is InChI=1S/C20H20FN3OS/c1-11-17-12(2)22-13(3)23-19(17)26-18(11)20(25)24(16-8-9-16)10-14-4-6-15(21)7-5-14/h4-7,16H,8-10H2,1-3H3. The molecule has 0 radical (unpaired) electrons. The second-order valence-corrected chi connectivity index (χ2v) is 7.88. The summed E-state index contributed by atoms with van der Waals surface area (Å²) in [7, 11) is 0. The maximum absolute atomic E-state index is 13.3. The molecule has 0 spiro atoms. The fourth-order valence-electron chi connectivity index (χ4n) is 3.35. The van der Waals surface area contributed by atoms with Crippen LogP contribution in [0.1, 0.15) is 45.2 Å². The van der Waals surface area contributed by atoms with Crippen LogP contribution in [0.25, 0.3) is 10.2 Å². The van der Waals surface area contributed by atoms with Gasteiger partial charge < -0.3 is 4.90 Å². The van der Waals surface area contributed by atoms with Crippen LogP contribution in [0.15, 0.2) is 24.3 Å². The Morgan fingerprint density at radius 1 is 1.19 bits per heavy atom. The number of benzene rings is 1. The van der Waals surface area contributed by atoms with Crippen LogP contribution >= 0.6 is 11.3 Å². The maximum Gasteiger partial charge on any atom is 0.264 e. The molecule has 1 aliphatic rings. The van der Waals surface area contributed by atoms with Gasteiger partial charge in [0.1, 0.15) is 16.5 Å². The lowest BCUT2D eigenvalue weighted by molar-refractivity contribution is 0.0734. The molecule has 3 aromatic rings. The third kappa shape index (κ3) is 3.09. The molecule has 1 aliphatic carbocycles. The zero-order valence-electron chi connectivity index (χ0n) is 15.0. The number of aryl methyl sites for hydroxylation is 3. The van der Waals surface area contributed by atoms with Gasteiger partial charge in [0, 0.05) is 23.7 Å². The molecule has 1 saturated carbocycles. The number of nitrogens with zero attached hydrogens (tertiary/aromatic N) is 3. The summed E-state index contributed by atoms with van der Waals surface area (Å²) in [6, 6.07) is 6.64. The van der Waals surface area contributed by atoms with Crippen LogP contribution in [0.4, 0.5) is 4.39 Å². The molecule has 4 rings (SSSR count). The van der Waals surface area contributed by atoms with Gasteiger partial charge in [-0.05, 0) is 56.9 Å². The minimum absolute atomic E-state index is 0.0365. The molecule has 4 nitrogen and oxygen atoms in total. The van der Waals surface area contributed by atoms with E-state index in [0.29, 0.717) is 6.54 Å². The fraction of sp³-hybridized carbons (Fsp3) is 0.350. The molecule has 1 aromatic carbocycles. The summed E-state index contributed by atoms with van der Waals surface area (Å²) in [5.41, 5.74) is 2.81. The summed E-state index contributed by atoms with van der Waals surface area (Å²) in [5, 5.41) is 0.987. The first kappa shape index (κ1) is 17.1. The number of hydrogen-bond donors (Lipinski definition) is 0. The summed E-state index contributed by atoms with van der Waals surface area (Å²) >= 11 is 1.44. The summed E-state index contributed by atoms with van der Waals surface area (Å²) in [6.07, 6.45) is 2.05. The topological polar surface area (TPSA) is 46.1 Å². The Kier molecular flexibility index (Phi) is 4.23. The summed E-state index contributed by atoms with van der Waals surface area (Å²) < 4.78 is 13.2. The minimum atomic E-state index is -0.261. The van der Waals surface area contributed by atoms with Crippen molar-refractivity contribution in [1.82, 2.24) is 14.9 Å². The molecule has 0 unspecified atom stereocenters. The van der Waals surface area contributed by atoms with E-state index in [4.69, 9.17) is 0 Å². The van der Waals surface area contributed by atoms with E-state index in [0.717, 1.165) is 50.6 Å². The summed E-state index contributed by atoms with van der Waals surface area (Å²) in [6.45, 7) is 6.30. The average molecular weight is 369 g/mol. The van der Waals surface area contributed by atoms with Crippen molar-refractivity contribution < 1.29 is 9.18 Å². The van der Waals surface area contributed by atoms with E-state index in [1.165, 1.54) is 23.5 Å². The lowest BCUT2D eigenvalue weighted by Crippen LogP contribution is -2.32. The third-order valence-electron chi connectivity index (χ3n) is 4.79. The smallest absolute Gasteiger partial charge is 0.264 e. The molecule has 0 aliphatic heterocycles. The highest BCUT2D eigenvalue weighted by Gasteiger charge is 2.34. The molecule has 2 heterocycles. The molecule has 1 fully saturated rings. The molecule has 0 saturated heterocycles. The Labute approximate surface area is 155 Å². The number of aromatic nitrogens is 2.